The van der Waals surface area contributed by atoms with Crippen LogP contribution < -0.4 is 0 Å². The molecule has 0 bridgehead atoms. The number of benzene rings is 1. The summed E-state index contributed by atoms with van der Waals surface area (Å²) in [7, 11) is 0. The molecular weight excluding hydrogens is 214 g/mol. The van der Waals surface area contributed by atoms with Gasteiger partial charge in [0, 0.05) is 15.9 Å². The van der Waals surface area contributed by atoms with E-state index >= 15 is 0 Å². The summed E-state index contributed by atoms with van der Waals surface area (Å²) in [5.41, 5.74) is 0.995. The normalized spacial score (nSPS) is 12.9. The lowest BCUT2D eigenvalue weighted by molar-refractivity contribution is -0.485. The molecule has 1 rings (SSSR count). The Bertz CT molecular complexity index is 359. The first-order chi connectivity index (χ1) is 7.08. The van der Waals surface area contributed by atoms with Crippen LogP contribution in [-0.2, 0) is 0 Å². The molecule has 0 N–H and O–H groups in total. The maximum Gasteiger partial charge on any atom is 0.209 e. The fraction of sp³-hybridized carbons (Fsp3) is 0.273. The molecule has 0 radical (unpaired) electrons. The summed E-state index contributed by atoms with van der Waals surface area (Å²) in [6.45, 7) is 1.78. The molecule has 0 aromatic heterocycles. The van der Waals surface area contributed by atoms with E-state index in [1.807, 2.05) is 31.2 Å². The van der Waals surface area contributed by atoms with E-state index in [4.69, 9.17) is 11.6 Å². The molecule has 0 aliphatic heterocycles. The standard InChI is InChI=1S/C11H12ClNO2/c1-9(8-13(14)15)2-3-10-4-6-11(12)7-5-10/h2-7,9H,8H2,1H3/b3-2+. The molecule has 4 heteroatoms. The van der Waals surface area contributed by atoms with Gasteiger partial charge in [0.15, 0.2) is 0 Å². The molecule has 0 fully saturated rings. The van der Waals surface area contributed by atoms with Gasteiger partial charge in [-0.1, -0.05) is 42.8 Å². The molecule has 0 saturated heterocycles. The van der Waals surface area contributed by atoms with E-state index in [0.717, 1.165) is 5.56 Å². The lowest BCUT2D eigenvalue weighted by Gasteiger charge is -1.99. The van der Waals surface area contributed by atoms with E-state index in [2.05, 4.69) is 0 Å². The monoisotopic (exact) mass is 225 g/mol. The first kappa shape index (κ1) is 11.7. The number of rotatable bonds is 4. The van der Waals surface area contributed by atoms with Crippen LogP contribution in [0.2, 0.25) is 5.02 Å². The van der Waals surface area contributed by atoms with Crippen LogP contribution in [0.3, 0.4) is 0 Å². The predicted octanol–water partition coefficient (Wildman–Crippen LogP) is 3.27. The van der Waals surface area contributed by atoms with E-state index in [1.54, 1.807) is 12.1 Å². The molecule has 1 aromatic carbocycles. The molecular formula is C11H12ClNO2. The summed E-state index contributed by atoms with van der Waals surface area (Å²) in [5, 5.41) is 10.9. The van der Waals surface area contributed by atoms with Gasteiger partial charge in [-0.25, -0.2) is 0 Å². The third-order valence-electron chi connectivity index (χ3n) is 1.92. The van der Waals surface area contributed by atoms with Gasteiger partial charge < -0.3 is 0 Å². The van der Waals surface area contributed by atoms with Crippen LogP contribution in [-0.4, -0.2) is 11.5 Å². The number of nitrogens with zero attached hydrogens (tertiary/aromatic N) is 1. The highest BCUT2D eigenvalue weighted by molar-refractivity contribution is 6.30. The van der Waals surface area contributed by atoms with Crippen molar-refractivity contribution >= 4 is 17.7 Å². The van der Waals surface area contributed by atoms with Gasteiger partial charge in [-0.2, -0.15) is 0 Å². The Labute approximate surface area is 93.5 Å². The van der Waals surface area contributed by atoms with Gasteiger partial charge in [-0.3, -0.25) is 10.1 Å². The summed E-state index contributed by atoms with van der Waals surface area (Å²) in [4.78, 5) is 9.91. The lowest BCUT2D eigenvalue weighted by Crippen LogP contribution is -2.08. The quantitative estimate of drug-likeness (QED) is 0.583. The van der Waals surface area contributed by atoms with Crippen LogP contribution >= 0.6 is 11.6 Å². The fourth-order valence-electron chi connectivity index (χ4n) is 1.15. The van der Waals surface area contributed by atoms with E-state index in [-0.39, 0.29) is 17.4 Å². The second kappa shape index (κ2) is 5.51. The largest absolute Gasteiger partial charge is 0.265 e. The number of hydrogen-bond acceptors (Lipinski definition) is 2. The maximum atomic E-state index is 10.2. The minimum absolute atomic E-state index is 0.0376. The lowest BCUT2D eigenvalue weighted by atomic mass is 10.1. The molecule has 3 nitrogen and oxygen atoms in total. The van der Waals surface area contributed by atoms with Crippen LogP contribution in [0.25, 0.3) is 6.08 Å². The van der Waals surface area contributed by atoms with E-state index in [1.165, 1.54) is 0 Å². The first-order valence-corrected chi connectivity index (χ1v) is 5.01. The Hall–Kier alpha value is -1.35. The minimum Gasteiger partial charge on any atom is -0.265 e. The van der Waals surface area contributed by atoms with Gasteiger partial charge in [0.25, 0.3) is 0 Å². The first-order valence-electron chi connectivity index (χ1n) is 4.63. The number of nitro groups is 1. The predicted molar refractivity (Wildman–Crippen MR) is 61.5 cm³/mol. The molecule has 1 aromatic rings. The second-order valence-corrected chi connectivity index (χ2v) is 3.84. The number of halogens is 1. The molecule has 0 heterocycles. The summed E-state index contributed by atoms with van der Waals surface area (Å²) in [6.07, 6.45) is 3.69. The third-order valence-corrected chi connectivity index (χ3v) is 2.18. The minimum atomic E-state index is -0.309. The van der Waals surface area contributed by atoms with Crippen molar-refractivity contribution < 1.29 is 4.92 Å². The van der Waals surface area contributed by atoms with Crippen molar-refractivity contribution in [2.45, 2.75) is 6.92 Å². The van der Waals surface area contributed by atoms with Gasteiger partial charge in [0.05, 0.1) is 0 Å². The molecule has 0 aliphatic rings. The molecule has 1 unspecified atom stereocenters. The summed E-state index contributed by atoms with van der Waals surface area (Å²) >= 11 is 5.73. The second-order valence-electron chi connectivity index (χ2n) is 3.40. The van der Waals surface area contributed by atoms with Crippen LogP contribution in [0.15, 0.2) is 30.3 Å². The van der Waals surface area contributed by atoms with Crippen molar-refractivity contribution in [2.75, 3.05) is 6.54 Å². The number of hydrogen-bond donors (Lipinski definition) is 0. The van der Waals surface area contributed by atoms with Crippen molar-refractivity contribution in [3.8, 4) is 0 Å². The van der Waals surface area contributed by atoms with E-state index in [0.29, 0.717) is 5.02 Å². The van der Waals surface area contributed by atoms with Gasteiger partial charge in [-0.15, -0.1) is 0 Å². The molecule has 15 heavy (non-hydrogen) atoms. The highest BCUT2D eigenvalue weighted by Gasteiger charge is 2.04. The van der Waals surface area contributed by atoms with Crippen molar-refractivity contribution in [1.29, 1.82) is 0 Å². The Morgan fingerprint density at radius 3 is 2.60 bits per heavy atom. The summed E-state index contributed by atoms with van der Waals surface area (Å²) < 4.78 is 0. The Morgan fingerprint density at radius 2 is 2.07 bits per heavy atom. The summed E-state index contributed by atoms with van der Waals surface area (Å²) in [6, 6.07) is 7.33. The van der Waals surface area contributed by atoms with Crippen LogP contribution in [0.1, 0.15) is 12.5 Å². The fourth-order valence-corrected chi connectivity index (χ4v) is 1.27. The topological polar surface area (TPSA) is 43.1 Å². The summed E-state index contributed by atoms with van der Waals surface area (Å²) in [5.74, 6) is -0.0596. The Kier molecular flexibility index (Phi) is 4.31. The van der Waals surface area contributed by atoms with Gasteiger partial charge >= 0.3 is 0 Å². The zero-order valence-corrected chi connectivity index (χ0v) is 9.15. The highest BCUT2D eigenvalue weighted by Crippen LogP contribution is 2.11. The van der Waals surface area contributed by atoms with Gasteiger partial charge in [0.2, 0.25) is 6.54 Å². The van der Waals surface area contributed by atoms with Crippen LogP contribution in [0, 0.1) is 16.0 Å². The highest BCUT2D eigenvalue weighted by atomic mass is 35.5. The van der Waals surface area contributed by atoms with Gasteiger partial charge in [0.1, 0.15) is 0 Å². The molecule has 80 valence electrons. The van der Waals surface area contributed by atoms with E-state index < -0.39 is 0 Å². The molecule has 1 atom stereocenters. The van der Waals surface area contributed by atoms with Crippen molar-refractivity contribution in [3.05, 3.63) is 51.0 Å². The van der Waals surface area contributed by atoms with Crippen molar-refractivity contribution in [2.24, 2.45) is 5.92 Å². The molecule has 0 saturated carbocycles. The van der Waals surface area contributed by atoms with Crippen molar-refractivity contribution in [3.63, 3.8) is 0 Å². The average Bonchev–Trinajstić information content (AvgIpc) is 2.16. The van der Waals surface area contributed by atoms with E-state index in [9.17, 15) is 10.1 Å². The average molecular weight is 226 g/mol. The molecule has 0 amide bonds. The SMILES string of the molecule is CC(/C=C/c1ccc(Cl)cc1)C[N+](=O)[O-]. The molecule has 0 aliphatic carbocycles. The molecule has 0 spiro atoms. The zero-order valence-electron chi connectivity index (χ0n) is 8.39. The zero-order chi connectivity index (χ0) is 11.3. The van der Waals surface area contributed by atoms with Crippen molar-refractivity contribution in [1.82, 2.24) is 0 Å². The maximum absolute atomic E-state index is 10.2. The Morgan fingerprint density at radius 1 is 1.47 bits per heavy atom. The third kappa shape index (κ3) is 4.61. The van der Waals surface area contributed by atoms with Crippen LogP contribution in [0.5, 0.6) is 0 Å². The Balaban J connectivity index is 2.57. The van der Waals surface area contributed by atoms with Crippen LogP contribution in [0.4, 0.5) is 0 Å². The smallest absolute Gasteiger partial charge is 0.209 e. The van der Waals surface area contributed by atoms with Gasteiger partial charge in [-0.05, 0) is 17.7 Å².